The average Bonchev–Trinajstić information content (AvgIpc) is 3.18. The Morgan fingerprint density at radius 1 is 1.44 bits per heavy atom. The van der Waals surface area contributed by atoms with Gasteiger partial charge in [0, 0.05) is 6.04 Å². The first-order valence-electron chi connectivity index (χ1n) is 6.36. The van der Waals surface area contributed by atoms with Crippen LogP contribution in [0.4, 0.5) is 0 Å². The monoisotopic (exact) mass is 252 g/mol. The Morgan fingerprint density at radius 3 is 2.44 bits per heavy atom. The van der Waals surface area contributed by atoms with Crippen molar-refractivity contribution in [3.63, 3.8) is 0 Å². The third-order valence-corrected chi connectivity index (χ3v) is 3.28. The van der Waals surface area contributed by atoms with Gasteiger partial charge in [-0.1, -0.05) is 6.92 Å². The summed E-state index contributed by atoms with van der Waals surface area (Å²) in [4.78, 5) is 25.3. The molecule has 0 heterocycles. The van der Waals surface area contributed by atoms with Crippen molar-refractivity contribution in [2.75, 3.05) is 13.2 Å². The van der Waals surface area contributed by atoms with E-state index in [0.717, 1.165) is 12.8 Å². The van der Waals surface area contributed by atoms with E-state index >= 15 is 0 Å². The number of amides is 1. The SMILES string of the molecule is CCOC(=O)CN(C(=O)C(C)(C#N)CC)C1CC1. The van der Waals surface area contributed by atoms with E-state index in [9.17, 15) is 9.59 Å². The number of ether oxygens (including phenoxy) is 1. The molecule has 1 rings (SSSR count). The molecule has 5 heteroatoms. The number of nitriles is 1. The highest BCUT2D eigenvalue weighted by atomic mass is 16.5. The molecule has 0 aromatic rings. The van der Waals surface area contributed by atoms with Crippen LogP contribution in [0.2, 0.25) is 0 Å². The summed E-state index contributed by atoms with van der Waals surface area (Å²) >= 11 is 0. The molecule has 1 atom stereocenters. The van der Waals surface area contributed by atoms with E-state index in [0.29, 0.717) is 13.0 Å². The fraction of sp³-hybridized carbons (Fsp3) is 0.769. The fourth-order valence-electron chi connectivity index (χ4n) is 1.69. The molecule has 0 saturated heterocycles. The number of hydrogen-bond donors (Lipinski definition) is 0. The average molecular weight is 252 g/mol. The van der Waals surface area contributed by atoms with E-state index in [1.54, 1.807) is 20.8 Å². The summed E-state index contributed by atoms with van der Waals surface area (Å²) in [6.45, 7) is 5.41. The van der Waals surface area contributed by atoms with Crippen molar-refractivity contribution >= 4 is 11.9 Å². The number of carbonyl (C=O) groups is 2. The van der Waals surface area contributed by atoms with Crippen LogP contribution in [0.3, 0.4) is 0 Å². The van der Waals surface area contributed by atoms with E-state index in [2.05, 4.69) is 6.07 Å². The summed E-state index contributed by atoms with van der Waals surface area (Å²) in [6.07, 6.45) is 2.24. The van der Waals surface area contributed by atoms with E-state index in [1.807, 2.05) is 0 Å². The summed E-state index contributed by atoms with van der Waals surface area (Å²) in [6, 6.07) is 2.15. The molecule has 100 valence electrons. The Bertz CT molecular complexity index is 371. The van der Waals surface area contributed by atoms with Gasteiger partial charge in [-0.2, -0.15) is 5.26 Å². The zero-order chi connectivity index (χ0) is 13.8. The number of nitrogens with zero attached hydrogens (tertiary/aromatic N) is 2. The lowest BCUT2D eigenvalue weighted by atomic mass is 9.87. The molecule has 0 bridgehead atoms. The standard InChI is InChI=1S/C13H20N2O3/c1-4-13(3,9-14)12(17)15(10-6-7-10)8-11(16)18-5-2/h10H,4-8H2,1-3H3. The normalized spacial score (nSPS) is 17.4. The molecule has 0 aromatic heterocycles. The molecule has 1 aliphatic rings. The van der Waals surface area contributed by atoms with Gasteiger partial charge in [0.25, 0.3) is 0 Å². The van der Waals surface area contributed by atoms with E-state index in [1.165, 1.54) is 4.90 Å². The minimum absolute atomic E-state index is 0.0470. The molecule has 1 unspecified atom stereocenters. The second kappa shape index (κ2) is 5.85. The van der Waals surface area contributed by atoms with Crippen molar-refractivity contribution in [1.29, 1.82) is 5.26 Å². The largest absolute Gasteiger partial charge is 0.465 e. The van der Waals surface area contributed by atoms with Gasteiger partial charge in [0.1, 0.15) is 12.0 Å². The Kier molecular flexibility index (Phi) is 4.71. The molecular weight excluding hydrogens is 232 g/mol. The van der Waals surface area contributed by atoms with Crippen LogP contribution >= 0.6 is 0 Å². The fourth-order valence-corrected chi connectivity index (χ4v) is 1.69. The minimum atomic E-state index is -1.05. The molecule has 1 saturated carbocycles. The van der Waals surface area contributed by atoms with Crippen LogP contribution in [-0.2, 0) is 14.3 Å². The lowest BCUT2D eigenvalue weighted by molar-refractivity contribution is -0.151. The van der Waals surface area contributed by atoms with Crippen LogP contribution in [0.15, 0.2) is 0 Å². The molecule has 0 spiro atoms. The van der Waals surface area contributed by atoms with E-state index < -0.39 is 11.4 Å². The van der Waals surface area contributed by atoms with Crippen LogP contribution in [0.1, 0.15) is 40.0 Å². The third kappa shape index (κ3) is 3.22. The van der Waals surface area contributed by atoms with Gasteiger partial charge in [-0.05, 0) is 33.1 Å². The molecule has 18 heavy (non-hydrogen) atoms. The molecule has 1 aliphatic carbocycles. The Labute approximate surface area is 108 Å². The van der Waals surface area contributed by atoms with Crippen molar-refractivity contribution in [2.45, 2.75) is 46.1 Å². The maximum atomic E-state index is 12.3. The van der Waals surface area contributed by atoms with Crippen LogP contribution in [0.5, 0.6) is 0 Å². The van der Waals surface area contributed by atoms with Gasteiger partial charge < -0.3 is 9.64 Å². The van der Waals surface area contributed by atoms with Crippen LogP contribution in [0, 0.1) is 16.7 Å². The second-order valence-electron chi connectivity index (χ2n) is 4.77. The first-order valence-corrected chi connectivity index (χ1v) is 6.36. The number of hydrogen-bond acceptors (Lipinski definition) is 4. The van der Waals surface area contributed by atoms with Crippen molar-refractivity contribution in [3.8, 4) is 6.07 Å². The zero-order valence-corrected chi connectivity index (χ0v) is 11.2. The quantitative estimate of drug-likeness (QED) is 0.671. The van der Waals surface area contributed by atoms with E-state index in [-0.39, 0.29) is 18.5 Å². The highest BCUT2D eigenvalue weighted by molar-refractivity contribution is 5.88. The summed E-state index contributed by atoms with van der Waals surface area (Å²) in [5.41, 5.74) is -1.05. The molecule has 5 nitrogen and oxygen atoms in total. The molecule has 0 aromatic carbocycles. The first-order chi connectivity index (χ1) is 8.48. The van der Waals surface area contributed by atoms with Gasteiger partial charge in [-0.25, -0.2) is 0 Å². The Hall–Kier alpha value is -1.57. The maximum Gasteiger partial charge on any atom is 0.325 e. The zero-order valence-electron chi connectivity index (χ0n) is 11.2. The van der Waals surface area contributed by atoms with Gasteiger partial charge in [0.2, 0.25) is 5.91 Å². The van der Waals surface area contributed by atoms with Gasteiger partial charge in [-0.3, -0.25) is 9.59 Å². The van der Waals surface area contributed by atoms with Crippen LogP contribution in [-0.4, -0.2) is 36.0 Å². The number of carbonyl (C=O) groups excluding carboxylic acids is 2. The molecule has 1 fully saturated rings. The Balaban J connectivity index is 2.76. The molecule has 0 radical (unpaired) electrons. The van der Waals surface area contributed by atoms with Gasteiger partial charge in [-0.15, -0.1) is 0 Å². The van der Waals surface area contributed by atoms with Gasteiger partial charge in [0.05, 0.1) is 12.7 Å². The third-order valence-electron chi connectivity index (χ3n) is 3.28. The van der Waals surface area contributed by atoms with Crippen molar-refractivity contribution in [1.82, 2.24) is 4.90 Å². The smallest absolute Gasteiger partial charge is 0.325 e. The molecular formula is C13H20N2O3. The molecule has 0 aliphatic heterocycles. The highest BCUT2D eigenvalue weighted by Crippen LogP contribution is 2.32. The summed E-state index contributed by atoms with van der Waals surface area (Å²) in [5.74, 6) is -0.669. The van der Waals surface area contributed by atoms with Crippen LogP contribution < -0.4 is 0 Å². The lowest BCUT2D eigenvalue weighted by Gasteiger charge is -2.28. The van der Waals surface area contributed by atoms with Gasteiger partial charge >= 0.3 is 5.97 Å². The maximum absolute atomic E-state index is 12.3. The number of esters is 1. The molecule has 1 amide bonds. The second-order valence-corrected chi connectivity index (χ2v) is 4.77. The summed E-state index contributed by atoms with van der Waals surface area (Å²) < 4.78 is 4.86. The predicted octanol–water partition coefficient (Wildman–Crippen LogP) is 1.48. The van der Waals surface area contributed by atoms with Crippen molar-refractivity contribution in [3.05, 3.63) is 0 Å². The topological polar surface area (TPSA) is 70.4 Å². The van der Waals surface area contributed by atoms with Crippen molar-refractivity contribution in [2.24, 2.45) is 5.41 Å². The predicted molar refractivity (Wildman–Crippen MR) is 65.4 cm³/mol. The van der Waals surface area contributed by atoms with Crippen molar-refractivity contribution < 1.29 is 14.3 Å². The summed E-state index contributed by atoms with van der Waals surface area (Å²) in [7, 11) is 0. The summed E-state index contributed by atoms with van der Waals surface area (Å²) in [5, 5.41) is 9.13. The first kappa shape index (κ1) is 14.5. The lowest BCUT2D eigenvalue weighted by Crippen LogP contribution is -2.45. The molecule has 0 N–H and O–H groups in total. The number of rotatable bonds is 6. The van der Waals surface area contributed by atoms with E-state index in [4.69, 9.17) is 10.00 Å². The highest BCUT2D eigenvalue weighted by Gasteiger charge is 2.42. The minimum Gasteiger partial charge on any atom is -0.465 e. The Morgan fingerprint density at radius 2 is 2.06 bits per heavy atom. The van der Waals surface area contributed by atoms with Crippen LogP contribution in [0.25, 0.3) is 0 Å². The van der Waals surface area contributed by atoms with Gasteiger partial charge in [0.15, 0.2) is 0 Å².